The van der Waals surface area contributed by atoms with E-state index in [2.05, 4.69) is 21.6 Å². The highest BCUT2D eigenvalue weighted by Gasteiger charge is 2.32. The van der Waals surface area contributed by atoms with Gasteiger partial charge < -0.3 is 14.5 Å². The second kappa shape index (κ2) is 5.91. The molecule has 1 aliphatic rings. The van der Waals surface area contributed by atoms with Crippen molar-refractivity contribution in [2.24, 2.45) is 0 Å². The zero-order valence-corrected chi connectivity index (χ0v) is 11.7. The van der Waals surface area contributed by atoms with Crippen LogP contribution in [0.25, 0.3) is 0 Å². The van der Waals surface area contributed by atoms with Gasteiger partial charge in [-0.2, -0.15) is 0 Å². The van der Waals surface area contributed by atoms with Crippen molar-refractivity contribution < 1.29 is 17.9 Å². The highest BCUT2D eigenvalue weighted by molar-refractivity contribution is 5.53. The van der Waals surface area contributed by atoms with Gasteiger partial charge in [0, 0.05) is 31.9 Å². The third-order valence-electron chi connectivity index (χ3n) is 3.52. The maximum atomic E-state index is 12.3. The van der Waals surface area contributed by atoms with E-state index in [1.165, 1.54) is 6.07 Å². The quantitative estimate of drug-likeness (QED) is 0.850. The number of rotatable bonds is 3. The molecule has 1 heterocycles. The molecule has 0 amide bonds. The summed E-state index contributed by atoms with van der Waals surface area (Å²) in [5.41, 5.74) is 1.54. The molecular weight excluding hydrogens is 269 g/mol. The Kier molecular flexibility index (Phi) is 4.42. The van der Waals surface area contributed by atoms with E-state index in [4.69, 9.17) is 0 Å². The van der Waals surface area contributed by atoms with Crippen LogP contribution in [0, 0.1) is 0 Å². The van der Waals surface area contributed by atoms with E-state index in [-0.39, 0.29) is 5.75 Å². The Morgan fingerprint density at radius 3 is 2.35 bits per heavy atom. The molecular formula is C14H19F3N2O. The Hall–Kier alpha value is -1.43. The van der Waals surface area contributed by atoms with Crippen molar-refractivity contribution in [1.29, 1.82) is 0 Å². The van der Waals surface area contributed by atoms with Gasteiger partial charge >= 0.3 is 6.36 Å². The summed E-state index contributed by atoms with van der Waals surface area (Å²) < 4.78 is 41.0. The summed E-state index contributed by atoms with van der Waals surface area (Å²) in [6, 6.07) is 4.91. The van der Waals surface area contributed by atoms with Crippen LogP contribution in [0.2, 0.25) is 0 Å². The van der Waals surface area contributed by atoms with E-state index in [1.807, 2.05) is 6.92 Å². The molecule has 1 aromatic rings. The molecule has 0 bridgehead atoms. The van der Waals surface area contributed by atoms with Crippen molar-refractivity contribution in [3.63, 3.8) is 0 Å². The molecule has 1 aliphatic heterocycles. The van der Waals surface area contributed by atoms with E-state index in [0.717, 1.165) is 31.9 Å². The molecule has 0 saturated carbocycles. The highest BCUT2D eigenvalue weighted by atomic mass is 19.4. The first kappa shape index (κ1) is 15.0. The molecule has 0 aliphatic carbocycles. The Morgan fingerprint density at radius 2 is 1.80 bits per heavy atom. The number of halogens is 3. The first-order valence-corrected chi connectivity index (χ1v) is 6.71. The van der Waals surface area contributed by atoms with Crippen LogP contribution < -0.4 is 9.64 Å². The molecule has 0 spiro atoms. The van der Waals surface area contributed by atoms with Crippen LogP contribution in [0.5, 0.6) is 5.75 Å². The fourth-order valence-electron chi connectivity index (χ4n) is 2.33. The lowest BCUT2D eigenvalue weighted by atomic mass is 10.1. The number of likely N-dealkylation sites (N-methyl/N-ethyl adjacent to an activating group) is 1. The van der Waals surface area contributed by atoms with Crippen molar-refractivity contribution in [3.8, 4) is 5.75 Å². The average molecular weight is 288 g/mol. The molecule has 6 heteroatoms. The second-order valence-electron chi connectivity index (χ2n) is 4.98. The zero-order valence-electron chi connectivity index (χ0n) is 11.7. The third-order valence-corrected chi connectivity index (χ3v) is 3.52. The minimum Gasteiger partial charge on any atom is -0.406 e. The molecule has 112 valence electrons. The minimum atomic E-state index is -4.64. The summed E-state index contributed by atoms with van der Waals surface area (Å²) in [5.74, 6) is -0.0992. The summed E-state index contributed by atoms with van der Waals surface area (Å²) in [4.78, 5) is 4.43. The van der Waals surface area contributed by atoms with Crippen molar-refractivity contribution in [3.05, 3.63) is 23.8 Å². The number of piperazine rings is 1. The average Bonchev–Trinajstić information content (AvgIpc) is 2.38. The number of benzene rings is 1. The van der Waals surface area contributed by atoms with Crippen molar-refractivity contribution in [2.75, 3.05) is 38.1 Å². The molecule has 1 aromatic carbocycles. The number of nitrogens with zero attached hydrogens (tertiary/aromatic N) is 2. The Labute approximate surface area is 116 Å². The number of hydrogen-bond donors (Lipinski definition) is 0. The summed E-state index contributed by atoms with van der Waals surface area (Å²) in [7, 11) is 2.06. The molecule has 0 atom stereocenters. The number of anilines is 1. The first-order valence-electron chi connectivity index (χ1n) is 6.71. The Balaban J connectivity index is 2.16. The summed E-state index contributed by atoms with van der Waals surface area (Å²) in [6.07, 6.45) is -4.13. The van der Waals surface area contributed by atoms with E-state index >= 15 is 0 Å². The van der Waals surface area contributed by atoms with Crippen molar-refractivity contribution in [2.45, 2.75) is 19.7 Å². The Morgan fingerprint density at radius 1 is 1.15 bits per heavy atom. The molecule has 1 fully saturated rings. The number of ether oxygens (including phenoxy) is 1. The van der Waals surface area contributed by atoms with Gasteiger partial charge in [-0.3, -0.25) is 0 Å². The van der Waals surface area contributed by atoms with Crippen LogP contribution >= 0.6 is 0 Å². The fraction of sp³-hybridized carbons (Fsp3) is 0.571. The van der Waals surface area contributed by atoms with E-state index < -0.39 is 6.36 Å². The molecule has 0 N–H and O–H groups in total. The third kappa shape index (κ3) is 3.79. The molecule has 2 rings (SSSR count). The van der Waals surface area contributed by atoms with Gasteiger partial charge in [-0.05, 0) is 37.2 Å². The van der Waals surface area contributed by atoms with Crippen LogP contribution in [0.4, 0.5) is 18.9 Å². The maximum absolute atomic E-state index is 12.3. The lowest BCUT2D eigenvalue weighted by Crippen LogP contribution is -2.44. The van der Waals surface area contributed by atoms with Gasteiger partial charge in [-0.25, -0.2) is 0 Å². The van der Waals surface area contributed by atoms with Crippen molar-refractivity contribution in [1.82, 2.24) is 4.90 Å². The van der Waals surface area contributed by atoms with Gasteiger partial charge in [0.2, 0.25) is 0 Å². The molecule has 1 saturated heterocycles. The van der Waals surface area contributed by atoms with Gasteiger partial charge in [-0.1, -0.05) is 6.92 Å². The number of hydrogen-bond acceptors (Lipinski definition) is 3. The molecule has 0 unspecified atom stereocenters. The summed E-state index contributed by atoms with van der Waals surface area (Å²) >= 11 is 0. The smallest absolute Gasteiger partial charge is 0.406 e. The van der Waals surface area contributed by atoms with Crippen LogP contribution in [-0.4, -0.2) is 44.5 Å². The highest BCUT2D eigenvalue weighted by Crippen LogP contribution is 2.30. The van der Waals surface area contributed by atoms with Crippen LogP contribution in [0.15, 0.2) is 18.2 Å². The lowest BCUT2D eigenvalue weighted by Gasteiger charge is -2.34. The fourth-order valence-corrected chi connectivity index (χ4v) is 2.33. The molecule has 0 radical (unpaired) electrons. The lowest BCUT2D eigenvalue weighted by molar-refractivity contribution is -0.274. The standard InChI is InChI=1S/C14H19F3N2O/c1-3-11-10-12(19-8-6-18(2)7-9-19)4-5-13(11)20-14(15,16)17/h4-5,10H,3,6-9H2,1-2H3. The molecule has 0 aromatic heterocycles. The van der Waals surface area contributed by atoms with E-state index in [9.17, 15) is 13.2 Å². The van der Waals surface area contributed by atoms with E-state index in [1.54, 1.807) is 12.1 Å². The summed E-state index contributed by atoms with van der Waals surface area (Å²) in [6.45, 7) is 5.52. The predicted octanol–water partition coefficient (Wildman–Crippen LogP) is 2.90. The zero-order chi connectivity index (χ0) is 14.8. The van der Waals surface area contributed by atoms with Gasteiger partial charge in [0.05, 0.1) is 0 Å². The number of alkyl halides is 3. The first-order chi connectivity index (χ1) is 9.39. The van der Waals surface area contributed by atoms with Crippen LogP contribution in [0.1, 0.15) is 12.5 Å². The monoisotopic (exact) mass is 288 g/mol. The molecule has 20 heavy (non-hydrogen) atoms. The largest absolute Gasteiger partial charge is 0.573 e. The topological polar surface area (TPSA) is 15.7 Å². The van der Waals surface area contributed by atoms with Gasteiger partial charge in [0.25, 0.3) is 0 Å². The normalized spacial score (nSPS) is 17.4. The summed E-state index contributed by atoms with van der Waals surface area (Å²) in [5, 5.41) is 0. The molecule has 3 nitrogen and oxygen atoms in total. The predicted molar refractivity (Wildman–Crippen MR) is 72.2 cm³/mol. The van der Waals surface area contributed by atoms with Gasteiger partial charge in [0.15, 0.2) is 0 Å². The van der Waals surface area contributed by atoms with Crippen LogP contribution in [-0.2, 0) is 6.42 Å². The Bertz CT molecular complexity index is 454. The van der Waals surface area contributed by atoms with Gasteiger partial charge in [-0.15, -0.1) is 13.2 Å². The van der Waals surface area contributed by atoms with Crippen LogP contribution in [0.3, 0.4) is 0 Å². The SMILES string of the molecule is CCc1cc(N2CCN(C)CC2)ccc1OC(F)(F)F. The minimum absolute atomic E-state index is 0.0992. The number of aryl methyl sites for hydroxylation is 1. The second-order valence-corrected chi connectivity index (χ2v) is 4.98. The van der Waals surface area contributed by atoms with E-state index in [0.29, 0.717) is 12.0 Å². The van der Waals surface area contributed by atoms with Gasteiger partial charge in [0.1, 0.15) is 5.75 Å². The maximum Gasteiger partial charge on any atom is 0.573 e. The van der Waals surface area contributed by atoms with Crippen molar-refractivity contribution >= 4 is 5.69 Å².